The molecule has 1 aromatic rings. The van der Waals surface area contributed by atoms with Crippen LogP contribution in [0.3, 0.4) is 0 Å². The van der Waals surface area contributed by atoms with Crippen LogP contribution in [0.4, 0.5) is 0 Å². The molecule has 1 N–H and O–H groups in total. The van der Waals surface area contributed by atoms with Crippen molar-refractivity contribution in [3.8, 4) is 0 Å². The summed E-state index contributed by atoms with van der Waals surface area (Å²) in [5.74, 6) is 0.129. The van der Waals surface area contributed by atoms with Gasteiger partial charge in [-0.3, -0.25) is 4.79 Å². The number of rotatable bonds is 4. The molecule has 0 heterocycles. The van der Waals surface area contributed by atoms with Crippen LogP contribution in [0, 0.1) is 0 Å². The fourth-order valence-electron chi connectivity index (χ4n) is 2.35. The van der Waals surface area contributed by atoms with Gasteiger partial charge in [0, 0.05) is 13.6 Å². The first-order chi connectivity index (χ1) is 8.06. The van der Waals surface area contributed by atoms with Crippen molar-refractivity contribution in [1.82, 2.24) is 4.90 Å². The summed E-state index contributed by atoms with van der Waals surface area (Å²) >= 11 is 0. The zero-order chi connectivity index (χ0) is 12.5. The number of aliphatic hydroxyl groups excluding tert-OH is 1. The van der Waals surface area contributed by atoms with Gasteiger partial charge in [0.15, 0.2) is 0 Å². The van der Waals surface area contributed by atoms with E-state index in [0.717, 1.165) is 18.4 Å². The monoisotopic (exact) mass is 233 g/mol. The fraction of sp³-hybridized carbons (Fsp3) is 0.500. The highest BCUT2D eigenvalue weighted by Gasteiger charge is 2.52. The van der Waals surface area contributed by atoms with Crippen molar-refractivity contribution in [2.45, 2.75) is 31.3 Å². The van der Waals surface area contributed by atoms with Crippen LogP contribution < -0.4 is 0 Å². The lowest BCUT2D eigenvalue weighted by atomic mass is 9.94. The number of amides is 1. The van der Waals surface area contributed by atoms with Crippen molar-refractivity contribution in [1.29, 1.82) is 0 Å². The van der Waals surface area contributed by atoms with Crippen LogP contribution in [-0.2, 0) is 10.2 Å². The topological polar surface area (TPSA) is 40.5 Å². The van der Waals surface area contributed by atoms with E-state index in [1.165, 1.54) is 0 Å². The summed E-state index contributed by atoms with van der Waals surface area (Å²) in [6, 6.07) is 9.93. The van der Waals surface area contributed by atoms with Crippen LogP contribution in [0.25, 0.3) is 0 Å². The highest BCUT2D eigenvalue weighted by molar-refractivity contribution is 5.91. The fourth-order valence-corrected chi connectivity index (χ4v) is 2.35. The normalized spacial score (nSPS) is 18.5. The lowest BCUT2D eigenvalue weighted by Crippen LogP contribution is -2.40. The molecule has 0 aromatic heterocycles. The summed E-state index contributed by atoms with van der Waals surface area (Å²) in [4.78, 5) is 14.0. The Balaban J connectivity index is 2.14. The minimum atomic E-state index is -0.476. The molecule has 0 saturated heterocycles. The van der Waals surface area contributed by atoms with E-state index in [0.29, 0.717) is 6.54 Å². The number of carbonyl (C=O) groups is 1. The molecule has 1 saturated carbocycles. The Morgan fingerprint density at radius 1 is 1.41 bits per heavy atom. The number of benzene rings is 1. The molecule has 1 atom stereocenters. The Kier molecular flexibility index (Phi) is 3.20. The van der Waals surface area contributed by atoms with Crippen LogP contribution in [0.15, 0.2) is 30.3 Å². The lowest BCUT2D eigenvalue weighted by molar-refractivity contribution is -0.133. The van der Waals surface area contributed by atoms with Crippen molar-refractivity contribution >= 4 is 5.91 Å². The third kappa shape index (κ3) is 2.34. The van der Waals surface area contributed by atoms with Gasteiger partial charge < -0.3 is 10.0 Å². The molecule has 0 bridgehead atoms. The second-order valence-corrected chi connectivity index (χ2v) is 4.98. The Hall–Kier alpha value is -1.35. The molecule has 3 heteroatoms. The highest BCUT2D eigenvalue weighted by atomic mass is 16.3. The first-order valence-corrected chi connectivity index (χ1v) is 6.05. The summed E-state index contributed by atoms with van der Waals surface area (Å²) in [5, 5.41) is 9.33. The predicted molar refractivity (Wildman–Crippen MR) is 66.7 cm³/mol. The molecule has 0 radical (unpaired) electrons. The molecule has 0 spiro atoms. The van der Waals surface area contributed by atoms with Gasteiger partial charge in [-0.2, -0.15) is 0 Å². The first kappa shape index (κ1) is 12.1. The van der Waals surface area contributed by atoms with E-state index >= 15 is 0 Å². The summed E-state index contributed by atoms with van der Waals surface area (Å²) < 4.78 is 0. The Morgan fingerprint density at radius 3 is 2.47 bits per heavy atom. The minimum Gasteiger partial charge on any atom is -0.392 e. The molecular formula is C14H19NO2. The van der Waals surface area contributed by atoms with Crippen molar-refractivity contribution in [3.63, 3.8) is 0 Å². The summed E-state index contributed by atoms with van der Waals surface area (Å²) in [6.45, 7) is 2.10. The van der Waals surface area contributed by atoms with Gasteiger partial charge in [0.05, 0.1) is 11.5 Å². The van der Waals surface area contributed by atoms with Crippen LogP contribution in [0.1, 0.15) is 25.3 Å². The van der Waals surface area contributed by atoms with Gasteiger partial charge in [-0.1, -0.05) is 30.3 Å². The minimum absolute atomic E-state index is 0.129. The molecule has 1 aromatic carbocycles. The Bertz CT molecular complexity index is 396. The van der Waals surface area contributed by atoms with Gasteiger partial charge in [0.2, 0.25) is 5.91 Å². The molecule has 2 rings (SSSR count). The number of aliphatic hydroxyl groups is 1. The third-order valence-electron chi connectivity index (χ3n) is 3.37. The maximum Gasteiger partial charge on any atom is 0.233 e. The standard InChI is InChI=1S/C14H19NO2/c1-11(16)10-15(2)13(17)14(8-9-14)12-6-4-3-5-7-12/h3-7,11,16H,8-10H2,1-2H3. The molecule has 0 aliphatic heterocycles. The molecule has 17 heavy (non-hydrogen) atoms. The van der Waals surface area contributed by atoms with Gasteiger partial charge in [-0.05, 0) is 25.3 Å². The smallest absolute Gasteiger partial charge is 0.233 e. The van der Waals surface area contributed by atoms with E-state index < -0.39 is 6.10 Å². The maximum atomic E-state index is 12.4. The van der Waals surface area contributed by atoms with Gasteiger partial charge in [-0.15, -0.1) is 0 Å². The van der Waals surface area contributed by atoms with E-state index in [4.69, 9.17) is 0 Å². The van der Waals surface area contributed by atoms with Gasteiger partial charge in [0.1, 0.15) is 0 Å². The van der Waals surface area contributed by atoms with Gasteiger partial charge >= 0.3 is 0 Å². The van der Waals surface area contributed by atoms with Crippen molar-refractivity contribution < 1.29 is 9.90 Å². The lowest BCUT2D eigenvalue weighted by Gasteiger charge is -2.24. The largest absolute Gasteiger partial charge is 0.392 e. The number of likely N-dealkylation sites (N-methyl/N-ethyl adjacent to an activating group) is 1. The molecule has 1 fully saturated rings. The van der Waals surface area contributed by atoms with Crippen molar-refractivity contribution in [2.24, 2.45) is 0 Å². The molecule has 1 aliphatic rings. The molecule has 92 valence electrons. The number of nitrogens with zero attached hydrogens (tertiary/aromatic N) is 1. The second kappa shape index (κ2) is 4.49. The van der Waals surface area contributed by atoms with Crippen LogP contribution in [-0.4, -0.2) is 35.6 Å². The van der Waals surface area contributed by atoms with E-state index in [2.05, 4.69) is 0 Å². The van der Waals surface area contributed by atoms with Gasteiger partial charge in [-0.25, -0.2) is 0 Å². The van der Waals surface area contributed by atoms with Crippen LogP contribution >= 0.6 is 0 Å². The Morgan fingerprint density at radius 2 is 2.00 bits per heavy atom. The van der Waals surface area contributed by atoms with E-state index in [1.807, 2.05) is 30.3 Å². The average molecular weight is 233 g/mol. The highest BCUT2D eigenvalue weighted by Crippen LogP contribution is 2.49. The second-order valence-electron chi connectivity index (χ2n) is 4.98. The Labute approximate surface area is 102 Å². The van der Waals surface area contributed by atoms with E-state index in [9.17, 15) is 9.90 Å². The quantitative estimate of drug-likeness (QED) is 0.857. The number of hydrogen-bond acceptors (Lipinski definition) is 2. The van der Waals surface area contributed by atoms with Crippen LogP contribution in [0.5, 0.6) is 0 Å². The van der Waals surface area contributed by atoms with E-state index in [1.54, 1.807) is 18.9 Å². The SMILES string of the molecule is CC(O)CN(C)C(=O)C1(c2ccccc2)CC1. The molecule has 3 nitrogen and oxygen atoms in total. The molecule has 1 unspecified atom stereocenters. The molecular weight excluding hydrogens is 214 g/mol. The predicted octanol–water partition coefficient (Wildman–Crippen LogP) is 1.56. The van der Waals surface area contributed by atoms with E-state index in [-0.39, 0.29) is 11.3 Å². The molecule has 1 amide bonds. The van der Waals surface area contributed by atoms with Crippen molar-refractivity contribution in [3.05, 3.63) is 35.9 Å². The first-order valence-electron chi connectivity index (χ1n) is 6.05. The maximum absolute atomic E-state index is 12.4. The molecule has 1 aliphatic carbocycles. The zero-order valence-electron chi connectivity index (χ0n) is 10.4. The zero-order valence-corrected chi connectivity index (χ0v) is 10.4. The number of hydrogen-bond donors (Lipinski definition) is 1. The number of carbonyl (C=O) groups excluding carboxylic acids is 1. The van der Waals surface area contributed by atoms with Crippen LogP contribution in [0.2, 0.25) is 0 Å². The van der Waals surface area contributed by atoms with Crippen molar-refractivity contribution in [2.75, 3.05) is 13.6 Å². The summed E-state index contributed by atoms with van der Waals surface area (Å²) in [7, 11) is 1.76. The average Bonchev–Trinajstić information content (AvgIpc) is 3.09. The summed E-state index contributed by atoms with van der Waals surface area (Å²) in [5.41, 5.74) is 0.785. The van der Waals surface area contributed by atoms with Gasteiger partial charge in [0.25, 0.3) is 0 Å². The third-order valence-corrected chi connectivity index (χ3v) is 3.37. The summed E-state index contributed by atoms with van der Waals surface area (Å²) in [6.07, 6.45) is 1.36.